The van der Waals surface area contributed by atoms with Crippen molar-refractivity contribution in [3.05, 3.63) is 53.9 Å². The molecule has 1 aromatic heterocycles. The van der Waals surface area contributed by atoms with Crippen molar-refractivity contribution in [2.75, 3.05) is 10.6 Å². The fraction of sp³-hybridized carbons (Fsp3) is 0.176. The number of amides is 3. The van der Waals surface area contributed by atoms with Crippen LogP contribution in [0, 0.1) is 0 Å². The average molecular weight is 326 g/mol. The van der Waals surface area contributed by atoms with Crippen molar-refractivity contribution in [1.29, 1.82) is 0 Å². The molecule has 1 aromatic carbocycles. The number of aromatic nitrogens is 1. The molecule has 2 aromatic rings. The summed E-state index contributed by atoms with van der Waals surface area (Å²) in [7, 11) is 0. The lowest BCUT2D eigenvalue weighted by atomic mass is 10.1. The minimum absolute atomic E-state index is 0.269. The third-order valence-corrected chi connectivity index (χ3v) is 2.99. The molecule has 7 heteroatoms. The normalized spacial score (nSPS) is 9.92. The second-order valence-corrected chi connectivity index (χ2v) is 5.17. The lowest BCUT2D eigenvalue weighted by molar-refractivity contribution is -0.115. The van der Waals surface area contributed by atoms with Crippen LogP contribution in [0.2, 0.25) is 0 Å². The summed E-state index contributed by atoms with van der Waals surface area (Å²) in [6, 6.07) is 10.1. The van der Waals surface area contributed by atoms with Crippen LogP contribution < -0.4 is 16.0 Å². The molecule has 1 heterocycles. The van der Waals surface area contributed by atoms with Crippen LogP contribution in [-0.4, -0.2) is 22.7 Å². The molecule has 0 aliphatic heterocycles. The van der Waals surface area contributed by atoms with Gasteiger partial charge >= 0.3 is 0 Å². The number of nitrogens with zero attached hydrogens (tertiary/aromatic N) is 1. The van der Waals surface area contributed by atoms with Crippen LogP contribution in [-0.2, 0) is 16.1 Å². The van der Waals surface area contributed by atoms with Crippen LogP contribution in [0.1, 0.15) is 29.9 Å². The SMILES string of the molecule is CC(=O)Nc1cc(NC(C)=O)cc(C(=O)NCc2ccccn2)c1. The highest BCUT2D eigenvalue weighted by Gasteiger charge is 2.10. The molecule has 0 radical (unpaired) electrons. The molecule has 0 bridgehead atoms. The molecule has 0 saturated heterocycles. The number of anilines is 2. The van der Waals surface area contributed by atoms with E-state index in [-0.39, 0.29) is 24.3 Å². The Hall–Kier alpha value is -3.22. The zero-order valence-electron chi connectivity index (χ0n) is 13.4. The van der Waals surface area contributed by atoms with E-state index in [2.05, 4.69) is 20.9 Å². The van der Waals surface area contributed by atoms with Gasteiger partial charge in [-0.15, -0.1) is 0 Å². The summed E-state index contributed by atoms with van der Waals surface area (Å²) < 4.78 is 0. The molecule has 7 nitrogen and oxygen atoms in total. The van der Waals surface area contributed by atoms with Gasteiger partial charge in [0.05, 0.1) is 12.2 Å². The minimum Gasteiger partial charge on any atom is -0.346 e. The Bertz CT molecular complexity index is 725. The van der Waals surface area contributed by atoms with Crippen LogP contribution >= 0.6 is 0 Å². The summed E-state index contributed by atoms with van der Waals surface area (Å²) in [6.45, 7) is 3.01. The lowest BCUT2D eigenvalue weighted by Gasteiger charge is -2.11. The Balaban J connectivity index is 2.18. The van der Waals surface area contributed by atoms with Crippen molar-refractivity contribution >= 4 is 29.1 Å². The topological polar surface area (TPSA) is 100 Å². The molecular weight excluding hydrogens is 308 g/mol. The van der Waals surface area contributed by atoms with Gasteiger partial charge in [0, 0.05) is 37.0 Å². The monoisotopic (exact) mass is 326 g/mol. The van der Waals surface area contributed by atoms with Gasteiger partial charge in [-0.1, -0.05) is 6.07 Å². The van der Waals surface area contributed by atoms with E-state index in [0.29, 0.717) is 16.9 Å². The third kappa shape index (κ3) is 5.20. The van der Waals surface area contributed by atoms with Gasteiger partial charge in [0.2, 0.25) is 11.8 Å². The summed E-state index contributed by atoms with van der Waals surface area (Å²) in [5, 5.41) is 7.96. The number of carbonyl (C=O) groups is 3. The molecule has 3 N–H and O–H groups in total. The molecule has 0 atom stereocenters. The van der Waals surface area contributed by atoms with Gasteiger partial charge in [0.15, 0.2) is 0 Å². The quantitative estimate of drug-likeness (QED) is 0.781. The van der Waals surface area contributed by atoms with Crippen molar-refractivity contribution in [1.82, 2.24) is 10.3 Å². The summed E-state index contributed by atoms with van der Waals surface area (Å²) in [5.41, 5.74) is 1.90. The van der Waals surface area contributed by atoms with Gasteiger partial charge in [-0.05, 0) is 30.3 Å². The number of nitrogens with one attached hydrogen (secondary N) is 3. The van der Waals surface area contributed by atoms with E-state index in [1.165, 1.54) is 13.8 Å². The van der Waals surface area contributed by atoms with Crippen molar-refractivity contribution in [3.63, 3.8) is 0 Å². The molecule has 0 spiro atoms. The van der Waals surface area contributed by atoms with E-state index in [1.54, 1.807) is 36.5 Å². The van der Waals surface area contributed by atoms with E-state index in [4.69, 9.17) is 0 Å². The molecule has 3 amide bonds. The van der Waals surface area contributed by atoms with Gasteiger partial charge in [0.1, 0.15) is 0 Å². The molecule has 0 fully saturated rings. The molecule has 0 aliphatic rings. The third-order valence-electron chi connectivity index (χ3n) is 2.99. The molecule has 0 unspecified atom stereocenters. The van der Waals surface area contributed by atoms with Crippen LogP contribution in [0.4, 0.5) is 11.4 Å². The van der Waals surface area contributed by atoms with Crippen molar-refractivity contribution in [2.24, 2.45) is 0 Å². The van der Waals surface area contributed by atoms with E-state index in [0.717, 1.165) is 5.69 Å². The van der Waals surface area contributed by atoms with Crippen LogP contribution in [0.15, 0.2) is 42.6 Å². The zero-order valence-corrected chi connectivity index (χ0v) is 13.4. The highest BCUT2D eigenvalue weighted by Crippen LogP contribution is 2.19. The maximum atomic E-state index is 12.3. The number of pyridine rings is 1. The first-order valence-electron chi connectivity index (χ1n) is 7.32. The van der Waals surface area contributed by atoms with E-state index < -0.39 is 0 Å². The Morgan fingerprint density at radius 3 is 2.08 bits per heavy atom. The summed E-state index contributed by atoms with van der Waals surface area (Å²) in [5.74, 6) is -0.871. The Morgan fingerprint density at radius 2 is 1.58 bits per heavy atom. The number of carbonyl (C=O) groups excluding carboxylic acids is 3. The number of rotatable bonds is 5. The molecule has 124 valence electrons. The predicted octanol–water partition coefficient (Wildman–Crippen LogP) is 1.93. The van der Waals surface area contributed by atoms with Crippen LogP contribution in [0.5, 0.6) is 0 Å². The first kappa shape index (κ1) is 17.1. The van der Waals surface area contributed by atoms with Gasteiger partial charge < -0.3 is 16.0 Å². The second kappa shape index (κ2) is 7.87. The number of hydrogen-bond acceptors (Lipinski definition) is 4. The number of benzene rings is 1. The first-order chi connectivity index (χ1) is 11.4. The Morgan fingerprint density at radius 1 is 0.958 bits per heavy atom. The second-order valence-electron chi connectivity index (χ2n) is 5.17. The van der Waals surface area contributed by atoms with Crippen LogP contribution in [0.3, 0.4) is 0 Å². The highest BCUT2D eigenvalue weighted by molar-refractivity contribution is 5.99. The molecule has 2 rings (SSSR count). The minimum atomic E-state index is -0.334. The van der Waals surface area contributed by atoms with E-state index in [9.17, 15) is 14.4 Å². The summed E-state index contributed by atoms with van der Waals surface area (Å²) in [4.78, 5) is 38.9. The van der Waals surface area contributed by atoms with Crippen LogP contribution in [0.25, 0.3) is 0 Å². The molecular formula is C17H18N4O3. The number of hydrogen-bond donors (Lipinski definition) is 3. The van der Waals surface area contributed by atoms with Crippen molar-refractivity contribution in [2.45, 2.75) is 20.4 Å². The first-order valence-corrected chi connectivity index (χ1v) is 7.32. The van der Waals surface area contributed by atoms with Gasteiger partial charge in [-0.2, -0.15) is 0 Å². The molecule has 0 saturated carbocycles. The van der Waals surface area contributed by atoms with E-state index >= 15 is 0 Å². The zero-order chi connectivity index (χ0) is 17.5. The summed E-state index contributed by atoms with van der Waals surface area (Å²) in [6.07, 6.45) is 1.65. The van der Waals surface area contributed by atoms with Gasteiger partial charge in [0.25, 0.3) is 5.91 Å². The average Bonchev–Trinajstić information content (AvgIpc) is 2.52. The maximum absolute atomic E-state index is 12.3. The predicted molar refractivity (Wildman–Crippen MR) is 90.5 cm³/mol. The maximum Gasteiger partial charge on any atom is 0.251 e. The fourth-order valence-electron chi connectivity index (χ4n) is 2.09. The molecule has 24 heavy (non-hydrogen) atoms. The van der Waals surface area contributed by atoms with Gasteiger partial charge in [-0.3, -0.25) is 19.4 Å². The standard InChI is InChI=1S/C17H18N4O3/c1-11(22)20-15-7-13(8-16(9-15)21-12(2)23)17(24)19-10-14-5-3-4-6-18-14/h3-9H,10H2,1-2H3,(H,19,24)(H,20,22)(H,21,23). The van der Waals surface area contributed by atoms with E-state index in [1.807, 2.05) is 6.07 Å². The van der Waals surface area contributed by atoms with Crippen molar-refractivity contribution < 1.29 is 14.4 Å². The Labute approximate surface area is 139 Å². The van der Waals surface area contributed by atoms with Crippen molar-refractivity contribution in [3.8, 4) is 0 Å². The Kier molecular flexibility index (Phi) is 5.62. The fourth-order valence-corrected chi connectivity index (χ4v) is 2.09. The van der Waals surface area contributed by atoms with Gasteiger partial charge in [-0.25, -0.2) is 0 Å². The summed E-state index contributed by atoms with van der Waals surface area (Å²) >= 11 is 0. The smallest absolute Gasteiger partial charge is 0.251 e. The molecule has 0 aliphatic carbocycles. The largest absolute Gasteiger partial charge is 0.346 e. The lowest BCUT2D eigenvalue weighted by Crippen LogP contribution is -2.23. The highest BCUT2D eigenvalue weighted by atomic mass is 16.2.